The average Bonchev–Trinajstić information content (AvgIpc) is 3.84. The molecular weight excluding hydrogens is 524 g/mol. The van der Waals surface area contributed by atoms with Gasteiger partial charge in [0.1, 0.15) is 6.04 Å². The smallest absolute Gasteiger partial charge is 0.318 e. The lowest BCUT2D eigenvalue weighted by atomic mass is 9.88. The zero-order valence-electron chi connectivity index (χ0n) is 24.3. The van der Waals surface area contributed by atoms with Crippen molar-refractivity contribution < 1.29 is 24.3 Å². The molecule has 1 aromatic rings. The van der Waals surface area contributed by atoms with Gasteiger partial charge >= 0.3 is 6.03 Å². The molecule has 0 bridgehead atoms. The fraction of sp³-hybridized carbons (Fsp3) is 0.633. The van der Waals surface area contributed by atoms with E-state index in [0.29, 0.717) is 49.4 Å². The van der Waals surface area contributed by atoms with E-state index in [1.54, 1.807) is 7.11 Å². The van der Waals surface area contributed by atoms with E-state index in [4.69, 9.17) is 10.1 Å². The minimum Gasteiger partial charge on any atom is -0.410 e. The Bertz CT molecular complexity index is 1240. The van der Waals surface area contributed by atoms with Crippen molar-refractivity contribution in [3.8, 4) is 0 Å². The van der Waals surface area contributed by atoms with E-state index in [1.807, 2.05) is 23.1 Å². The summed E-state index contributed by atoms with van der Waals surface area (Å²) < 4.78 is 5.63. The molecule has 5 rings (SSSR count). The Morgan fingerprint density at radius 1 is 1.20 bits per heavy atom. The molecule has 0 aromatic heterocycles. The van der Waals surface area contributed by atoms with E-state index < -0.39 is 23.2 Å². The minimum atomic E-state index is -0.805. The van der Waals surface area contributed by atoms with E-state index in [0.717, 1.165) is 36.8 Å². The van der Waals surface area contributed by atoms with Crippen molar-refractivity contribution in [2.24, 2.45) is 28.8 Å². The summed E-state index contributed by atoms with van der Waals surface area (Å²) in [6, 6.07) is 5.03. The van der Waals surface area contributed by atoms with Gasteiger partial charge < -0.3 is 36.2 Å². The van der Waals surface area contributed by atoms with Crippen LogP contribution in [0.15, 0.2) is 23.4 Å². The van der Waals surface area contributed by atoms with Crippen molar-refractivity contribution >= 4 is 35.0 Å². The van der Waals surface area contributed by atoms with Crippen LogP contribution in [0.2, 0.25) is 0 Å². The Kier molecular flexibility index (Phi) is 8.09. The maximum atomic E-state index is 13.8. The highest BCUT2D eigenvalue weighted by Gasteiger charge is 2.50. The Labute approximate surface area is 241 Å². The lowest BCUT2D eigenvalue weighted by Crippen LogP contribution is -2.54. The second kappa shape index (κ2) is 11.4. The van der Waals surface area contributed by atoms with Gasteiger partial charge in [-0.3, -0.25) is 9.59 Å². The molecular formula is C30H42N6O5. The fourth-order valence-electron chi connectivity index (χ4n) is 6.75. The summed E-state index contributed by atoms with van der Waals surface area (Å²) in [7, 11) is 1.65. The number of nitrogens with zero attached hydrogens (tertiary/aromatic N) is 2. The van der Waals surface area contributed by atoms with E-state index in [-0.39, 0.29) is 29.6 Å². The van der Waals surface area contributed by atoms with Crippen LogP contribution in [0, 0.1) is 29.1 Å². The first-order valence-electron chi connectivity index (χ1n) is 14.6. The lowest BCUT2D eigenvalue weighted by molar-refractivity contribution is -0.124. The van der Waals surface area contributed by atoms with Crippen LogP contribution in [0.3, 0.4) is 0 Å². The number of carbonyl (C=O) groups excluding carboxylic acids is 3. The van der Waals surface area contributed by atoms with Gasteiger partial charge in [0.05, 0.1) is 23.9 Å². The molecule has 11 nitrogen and oxygen atoms in total. The first-order valence-corrected chi connectivity index (χ1v) is 14.6. The van der Waals surface area contributed by atoms with Gasteiger partial charge in [-0.1, -0.05) is 25.1 Å². The van der Waals surface area contributed by atoms with E-state index in [9.17, 15) is 19.6 Å². The molecule has 1 aromatic carbocycles. The van der Waals surface area contributed by atoms with Crippen LogP contribution in [0.4, 0.5) is 10.5 Å². The molecule has 5 N–H and O–H groups in total. The van der Waals surface area contributed by atoms with Crippen molar-refractivity contribution in [1.82, 2.24) is 15.5 Å². The standard InChI is InChI=1S/C30H42N6O5/c1-16(2)23-14-36(29(39)33-23)30(15-41-4)12-20-9-10-22(11-21(20)13-30)32-28(38)26(24(18-5-6-18)19-7-8-19)34-27(37)25(35-40)17(3)31/h9-11,16,18-19,23-24,26,31,40H,5-8,12-15H2,1-4H3,(H,32,38)(H,33,39)(H,34,37)/b31-17?,35-25+/t23-,26-,30?/m0/s1. The topological polar surface area (TPSA) is 156 Å². The highest BCUT2D eigenvalue weighted by molar-refractivity contribution is 6.65. The van der Waals surface area contributed by atoms with E-state index in [2.05, 4.69) is 35.0 Å². The molecule has 3 atom stereocenters. The number of nitrogens with one attached hydrogen (secondary N) is 4. The van der Waals surface area contributed by atoms with Crippen LogP contribution in [-0.4, -0.2) is 77.3 Å². The van der Waals surface area contributed by atoms with Gasteiger partial charge in [0, 0.05) is 19.3 Å². The number of hydrogen-bond acceptors (Lipinski definition) is 7. The van der Waals surface area contributed by atoms with Crippen molar-refractivity contribution in [2.75, 3.05) is 25.6 Å². The number of oxime groups is 1. The normalized spacial score (nSPS) is 24.8. The third kappa shape index (κ3) is 5.95. The first kappa shape index (κ1) is 29.0. The SMILES string of the molecule is COCC1(N2C[C@@H](C(C)C)NC2=O)Cc2ccc(NC(=O)[C@@H](NC(=O)/C(=N/O)C(C)=N)C(C3CC3)C3CC3)cc2C1. The number of methoxy groups -OCH3 is 1. The van der Waals surface area contributed by atoms with Crippen molar-refractivity contribution in [3.63, 3.8) is 0 Å². The van der Waals surface area contributed by atoms with Crippen LogP contribution >= 0.6 is 0 Å². The number of amides is 4. The van der Waals surface area contributed by atoms with Gasteiger partial charge in [-0.15, -0.1) is 0 Å². The molecule has 0 spiro atoms. The van der Waals surface area contributed by atoms with Crippen LogP contribution in [0.1, 0.15) is 57.6 Å². The van der Waals surface area contributed by atoms with Gasteiger partial charge in [-0.05, 0) is 92.4 Å². The second-order valence-electron chi connectivity index (χ2n) is 12.7. The molecule has 11 heteroatoms. The summed E-state index contributed by atoms with van der Waals surface area (Å²) in [5, 5.41) is 29.0. The second-order valence-corrected chi connectivity index (χ2v) is 12.7. The Morgan fingerprint density at radius 3 is 2.39 bits per heavy atom. The Hall–Kier alpha value is -3.47. The molecule has 2 saturated carbocycles. The lowest BCUT2D eigenvalue weighted by Gasteiger charge is -2.37. The van der Waals surface area contributed by atoms with Gasteiger partial charge in [-0.25, -0.2) is 4.79 Å². The Balaban J connectivity index is 1.35. The molecule has 1 saturated heterocycles. The summed E-state index contributed by atoms with van der Waals surface area (Å²) in [6.07, 6.45) is 5.36. The molecule has 41 heavy (non-hydrogen) atoms. The summed E-state index contributed by atoms with van der Waals surface area (Å²) in [5.74, 6) is 0.00188. The zero-order valence-corrected chi connectivity index (χ0v) is 24.3. The highest BCUT2D eigenvalue weighted by atomic mass is 16.5. The maximum absolute atomic E-state index is 13.8. The van der Waals surface area contributed by atoms with Crippen LogP contribution in [0.5, 0.6) is 0 Å². The number of hydrogen-bond donors (Lipinski definition) is 5. The predicted octanol–water partition coefficient (Wildman–Crippen LogP) is 2.95. The van der Waals surface area contributed by atoms with Crippen molar-refractivity contribution in [2.45, 2.75) is 76.9 Å². The van der Waals surface area contributed by atoms with E-state index in [1.165, 1.54) is 6.92 Å². The molecule has 222 valence electrons. The number of carbonyl (C=O) groups is 3. The number of benzene rings is 1. The minimum absolute atomic E-state index is 0.00343. The first-order chi connectivity index (χ1) is 19.6. The summed E-state index contributed by atoms with van der Waals surface area (Å²) in [4.78, 5) is 41.6. The monoisotopic (exact) mass is 566 g/mol. The quantitative estimate of drug-likeness (QED) is 0.149. The maximum Gasteiger partial charge on any atom is 0.318 e. The highest BCUT2D eigenvalue weighted by Crippen LogP contribution is 2.51. The molecule has 1 heterocycles. The number of fused-ring (bicyclic) bond motifs is 1. The number of urea groups is 1. The molecule has 4 aliphatic rings. The number of anilines is 1. The molecule has 1 unspecified atom stereocenters. The number of rotatable bonds is 12. The van der Waals surface area contributed by atoms with Crippen LogP contribution in [0.25, 0.3) is 0 Å². The summed E-state index contributed by atoms with van der Waals surface area (Å²) in [5.41, 5.74) is 1.71. The number of ether oxygens (including phenoxy) is 1. The van der Waals surface area contributed by atoms with Crippen LogP contribution < -0.4 is 16.0 Å². The summed E-state index contributed by atoms with van der Waals surface area (Å²) >= 11 is 0. The average molecular weight is 567 g/mol. The fourth-order valence-corrected chi connectivity index (χ4v) is 6.75. The van der Waals surface area contributed by atoms with Gasteiger partial charge in [0.25, 0.3) is 5.91 Å². The molecule has 0 radical (unpaired) electrons. The molecule has 3 fully saturated rings. The Morgan fingerprint density at radius 2 is 1.85 bits per heavy atom. The molecule has 3 aliphatic carbocycles. The molecule has 1 aliphatic heterocycles. The molecule has 4 amide bonds. The van der Waals surface area contributed by atoms with Gasteiger partial charge in [0.15, 0.2) is 5.71 Å². The third-order valence-corrected chi connectivity index (χ3v) is 9.19. The van der Waals surface area contributed by atoms with E-state index >= 15 is 0 Å². The predicted molar refractivity (Wildman–Crippen MR) is 154 cm³/mol. The third-order valence-electron chi connectivity index (χ3n) is 9.19. The van der Waals surface area contributed by atoms with Gasteiger partial charge in [0.2, 0.25) is 5.91 Å². The summed E-state index contributed by atoms with van der Waals surface area (Å²) in [6.45, 7) is 6.60. The van der Waals surface area contributed by atoms with Crippen molar-refractivity contribution in [1.29, 1.82) is 5.41 Å². The van der Waals surface area contributed by atoms with Gasteiger partial charge in [-0.2, -0.15) is 0 Å². The zero-order chi connectivity index (χ0) is 29.5. The van der Waals surface area contributed by atoms with Crippen molar-refractivity contribution in [3.05, 3.63) is 29.3 Å². The van der Waals surface area contributed by atoms with Crippen LogP contribution in [-0.2, 0) is 27.2 Å². The largest absolute Gasteiger partial charge is 0.410 e.